The molecule has 2 unspecified atom stereocenters. The van der Waals surface area contributed by atoms with Crippen molar-refractivity contribution in [3.63, 3.8) is 0 Å². The molecule has 9 nitrogen and oxygen atoms in total. The Morgan fingerprint density at radius 3 is 2.88 bits per heavy atom. The molecule has 3 aromatic heterocycles. The molecule has 3 saturated heterocycles. The van der Waals surface area contributed by atoms with Gasteiger partial charge >= 0.3 is 0 Å². The van der Waals surface area contributed by atoms with Crippen LogP contribution in [-0.4, -0.2) is 55.3 Å². The van der Waals surface area contributed by atoms with E-state index in [0.717, 1.165) is 30.4 Å². The Morgan fingerprint density at radius 1 is 1.22 bits per heavy atom. The Morgan fingerprint density at radius 2 is 2.06 bits per heavy atom. The molecule has 0 saturated carbocycles. The third-order valence-electron chi connectivity index (χ3n) is 6.83. The number of carbonyl (C=O) groups excluding carboxylic acids is 1. The summed E-state index contributed by atoms with van der Waals surface area (Å²) in [4.78, 5) is 25.7. The highest BCUT2D eigenvalue weighted by atomic mass is 19.1. The van der Waals surface area contributed by atoms with Crippen molar-refractivity contribution in [3.05, 3.63) is 53.9 Å². The largest absolute Gasteiger partial charge is 0.356 e. The molecule has 3 fully saturated rings. The van der Waals surface area contributed by atoms with Crippen molar-refractivity contribution in [3.8, 4) is 6.07 Å². The van der Waals surface area contributed by atoms with Gasteiger partial charge in [0.2, 0.25) is 0 Å². The average molecular weight is 433 g/mol. The van der Waals surface area contributed by atoms with Gasteiger partial charge in [-0.25, -0.2) is 9.37 Å². The van der Waals surface area contributed by atoms with Crippen LogP contribution in [0.5, 0.6) is 0 Å². The van der Waals surface area contributed by atoms with Crippen LogP contribution in [0.15, 0.2) is 36.9 Å². The number of carbonyl (C=O) groups is 1. The summed E-state index contributed by atoms with van der Waals surface area (Å²) in [6, 6.07) is 5.60. The summed E-state index contributed by atoms with van der Waals surface area (Å²) in [7, 11) is 0. The van der Waals surface area contributed by atoms with Crippen LogP contribution in [-0.2, 0) is 9.53 Å². The van der Waals surface area contributed by atoms with Crippen LogP contribution in [0.3, 0.4) is 0 Å². The summed E-state index contributed by atoms with van der Waals surface area (Å²) in [5.41, 5.74) is 0.701. The number of piperidine rings is 1. The molecule has 1 amide bonds. The van der Waals surface area contributed by atoms with Gasteiger partial charge in [-0.3, -0.25) is 9.78 Å². The highest BCUT2D eigenvalue weighted by molar-refractivity contribution is 5.88. The number of anilines is 1. The molecular formula is C22H20FN7O2. The number of ether oxygens (including phenoxy) is 1. The van der Waals surface area contributed by atoms with Crippen molar-refractivity contribution in [1.29, 1.82) is 5.26 Å². The SMILES string of the molecule is N#Cc1cncc(C2CCC3OC4(CCN(c5ccnc6c(F)cnn56)CC4)C(=O)N32)c1. The Balaban J connectivity index is 1.23. The van der Waals surface area contributed by atoms with Crippen LogP contribution >= 0.6 is 0 Å². The molecule has 0 aliphatic carbocycles. The van der Waals surface area contributed by atoms with Crippen LogP contribution in [0.25, 0.3) is 5.65 Å². The van der Waals surface area contributed by atoms with Crippen molar-refractivity contribution in [2.24, 2.45) is 0 Å². The standard InChI is InChI=1S/C22H20FN7O2/c23-16-13-27-30-18(3-6-26-20(16)30)28-7-4-22(5-8-28)21(31)29-17(1-2-19(29)32-22)15-9-14(10-24)11-25-12-15/h3,6,9,11-13,17,19H,1-2,4-5,7-8H2. The molecule has 0 aromatic carbocycles. The minimum Gasteiger partial charge on any atom is -0.356 e. The van der Waals surface area contributed by atoms with Gasteiger partial charge in [0.1, 0.15) is 18.1 Å². The first-order valence-corrected chi connectivity index (χ1v) is 10.7. The van der Waals surface area contributed by atoms with E-state index in [0.29, 0.717) is 31.5 Å². The topological polar surface area (TPSA) is 99.6 Å². The number of aromatic nitrogens is 4. The number of fused-ring (bicyclic) bond motifs is 2. The number of nitrogens with zero attached hydrogens (tertiary/aromatic N) is 7. The second kappa shape index (κ2) is 6.97. The van der Waals surface area contributed by atoms with E-state index in [1.807, 2.05) is 4.90 Å². The first-order chi connectivity index (χ1) is 15.6. The van der Waals surface area contributed by atoms with Gasteiger partial charge < -0.3 is 14.5 Å². The van der Waals surface area contributed by atoms with E-state index in [9.17, 15) is 14.4 Å². The first-order valence-electron chi connectivity index (χ1n) is 10.7. The summed E-state index contributed by atoms with van der Waals surface area (Å²) < 4.78 is 21.8. The predicted octanol–water partition coefficient (Wildman–Crippen LogP) is 2.19. The molecule has 3 aliphatic rings. The van der Waals surface area contributed by atoms with E-state index < -0.39 is 11.4 Å². The average Bonchev–Trinajstić information content (AvgIpc) is 3.49. The third-order valence-corrected chi connectivity index (χ3v) is 6.83. The van der Waals surface area contributed by atoms with Crippen molar-refractivity contribution in [1.82, 2.24) is 24.5 Å². The fourth-order valence-corrected chi connectivity index (χ4v) is 5.26. The number of halogens is 1. The lowest BCUT2D eigenvalue weighted by Gasteiger charge is -2.38. The normalized spacial score (nSPS) is 24.3. The van der Waals surface area contributed by atoms with Gasteiger partial charge in [-0.2, -0.15) is 14.9 Å². The summed E-state index contributed by atoms with van der Waals surface area (Å²) in [5.74, 6) is 0.297. The van der Waals surface area contributed by atoms with Crippen LogP contribution < -0.4 is 4.90 Å². The Kier molecular flexibility index (Phi) is 4.16. The van der Waals surface area contributed by atoms with E-state index in [-0.39, 0.29) is 23.8 Å². The molecule has 6 rings (SSSR count). The fourth-order valence-electron chi connectivity index (χ4n) is 5.26. The predicted molar refractivity (Wildman–Crippen MR) is 110 cm³/mol. The number of hydrogen-bond donors (Lipinski definition) is 0. The second-order valence-corrected chi connectivity index (χ2v) is 8.51. The Bertz CT molecular complexity index is 1260. The number of hydrogen-bond acceptors (Lipinski definition) is 7. The maximum absolute atomic E-state index is 13.9. The molecule has 1 spiro atoms. The van der Waals surface area contributed by atoms with Crippen molar-refractivity contribution in [2.75, 3.05) is 18.0 Å². The zero-order chi connectivity index (χ0) is 21.9. The minimum atomic E-state index is -0.846. The number of amides is 1. The van der Waals surface area contributed by atoms with E-state index in [1.54, 1.807) is 24.5 Å². The zero-order valence-electron chi connectivity index (χ0n) is 17.2. The van der Waals surface area contributed by atoms with Gasteiger partial charge in [0, 0.05) is 44.5 Å². The monoisotopic (exact) mass is 433 g/mol. The first kappa shape index (κ1) is 19.1. The molecule has 10 heteroatoms. The van der Waals surface area contributed by atoms with E-state index in [4.69, 9.17) is 4.74 Å². The van der Waals surface area contributed by atoms with Crippen LogP contribution in [0.1, 0.15) is 42.9 Å². The number of nitriles is 1. The quantitative estimate of drug-likeness (QED) is 0.611. The van der Waals surface area contributed by atoms with E-state index in [1.165, 1.54) is 10.7 Å². The second-order valence-electron chi connectivity index (χ2n) is 8.51. The minimum absolute atomic E-state index is 0.0111. The molecule has 32 heavy (non-hydrogen) atoms. The molecule has 162 valence electrons. The summed E-state index contributed by atoms with van der Waals surface area (Å²) in [6.07, 6.45) is 8.35. The zero-order valence-corrected chi connectivity index (χ0v) is 17.2. The summed E-state index contributed by atoms with van der Waals surface area (Å²) in [5, 5.41) is 13.3. The molecule has 2 atom stereocenters. The lowest BCUT2D eigenvalue weighted by Crippen LogP contribution is -2.50. The van der Waals surface area contributed by atoms with Crippen LogP contribution in [0.2, 0.25) is 0 Å². The van der Waals surface area contributed by atoms with Crippen molar-refractivity contribution in [2.45, 2.75) is 43.6 Å². The smallest absolute Gasteiger partial charge is 0.257 e. The van der Waals surface area contributed by atoms with Crippen molar-refractivity contribution < 1.29 is 13.9 Å². The van der Waals surface area contributed by atoms with Gasteiger partial charge in [0.15, 0.2) is 17.1 Å². The maximum atomic E-state index is 13.9. The summed E-state index contributed by atoms with van der Waals surface area (Å²) >= 11 is 0. The molecule has 0 N–H and O–H groups in total. The molecule has 3 aromatic rings. The Labute approximate surface area is 183 Å². The molecule has 0 bridgehead atoms. The highest BCUT2D eigenvalue weighted by Gasteiger charge is 2.58. The van der Waals surface area contributed by atoms with Gasteiger partial charge in [0.05, 0.1) is 17.8 Å². The van der Waals surface area contributed by atoms with Gasteiger partial charge in [-0.05, 0) is 30.5 Å². The molecule has 3 aliphatic heterocycles. The van der Waals surface area contributed by atoms with Gasteiger partial charge in [-0.15, -0.1) is 0 Å². The maximum Gasteiger partial charge on any atom is 0.257 e. The Hall–Kier alpha value is -3.58. The number of pyridine rings is 1. The van der Waals surface area contributed by atoms with Crippen LogP contribution in [0.4, 0.5) is 10.2 Å². The van der Waals surface area contributed by atoms with Gasteiger partial charge in [-0.1, -0.05) is 0 Å². The van der Waals surface area contributed by atoms with Gasteiger partial charge in [0.25, 0.3) is 5.91 Å². The highest BCUT2D eigenvalue weighted by Crippen LogP contribution is 2.47. The van der Waals surface area contributed by atoms with E-state index in [2.05, 4.69) is 26.0 Å². The fraction of sp³-hybridized carbons (Fsp3) is 0.409. The molecular weight excluding hydrogens is 413 g/mol. The molecule has 0 radical (unpaired) electrons. The van der Waals surface area contributed by atoms with Crippen LogP contribution in [0, 0.1) is 17.1 Å². The van der Waals surface area contributed by atoms with E-state index >= 15 is 0 Å². The third kappa shape index (κ3) is 2.71. The van der Waals surface area contributed by atoms with Crippen molar-refractivity contribution >= 4 is 17.4 Å². The summed E-state index contributed by atoms with van der Waals surface area (Å²) in [6.45, 7) is 1.17. The molecule has 6 heterocycles. The number of rotatable bonds is 2. The lowest BCUT2D eigenvalue weighted by molar-refractivity contribution is -0.140. The lowest BCUT2D eigenvalue weighted by atomic mass is 9.89.